The molecule has 106 valence electrons. The van der Waals surface area contributed by atoms with E-state index in [1.807, 2.05) is 17.9 Å². The normalized spacial score (nSPS) is 19.1. The van der Waals surface area contributed by atoms with E-state index in [1.54, 1.807) is 0 Å². The Morgan fingerprint density at radius 3 is 3.00 bits per heavy atom. The highest BCUT2D eigenvalue weighted by molar-refractivity contribution is 5.76. The third kappa shape index (κ3) is 3.60. The summed E-state index contributed by atoms with van der Waals surface area (Å²) in [5.74, 6) is 0.251. The van der Waals surface area contributed by atoms with Crippen molar-refractivity contribution in [3.05, 3.63) is 24.0 Å². The third-order valence-electron chi connectivity index (χ3n) is 3.60. The zero-order valence-electron chi connectivity index (χ0n) is 12.0. The molecule has 1 aliphatic rings. The lowest BCUT2D eigenvalue weighted by Crippen LogP contribution is -2.37. The van der Waals surface area contributed by atoms with E-state index in [4.69, 9.17) is 4.74 Å². The molecule has 0 radical (unpaired) electrons. The molecule has 1 atom stereocenters. The summed E-state index contributed by atoms with van der Waals surface area (Å²) in [4.78, 5) is 14.2. The molecule has 19 heavy (non-hydrogen) atoms. The first-order valence-corrected chi connectivity index (χ1v) is 7.28. The molecule has 0 saturated heterocycles. The third-order valence-corrected chi connectivity index (χ3v) is 3.60. The van der Waals surface area contributed by atoms with Gasteiger partial charge in [-0.1, -0.05) is 13.3 Å². The molecule has 0 aromatic carbocycles. The van der Waals surface area contributed by atoms with Crippen molar-refractivity contribution in [1.29, 1.82) is 0 Å². The fourth-order valence-corrected chi connectivity index (χ4v) is 2.57. The standard InChI is InChI=1S/C15H24N2O2/c1-3-5-8-15(18)17-10-13-7-6-9-16(13)11-14(12-17)19-4-2/h6-7,9,14H,3-5,8,10-12H2,1-2H3. The molecule has 1 unspecified atom stereocenters. The fourth-order valence-electron chi connectivity index (χ4n) is 2.57. The van der Waals surface area contributed by atoms with Crippen LogP contribution in [0.3, 0.4) is 0 Å². The van der Waals surface area contributed by atoms with Crippen molar-refractivity contribution in [3.8, 4) is 0 Å². The molecule has 0 bridgehead atoms. The fraction of sp³-hybridized carbons (Fsp3) is 0.667. The molecule has 2 heterocycles. The van der Waals surface area contributed by atoms with Crippen molar-refractivity contribution in [3.63, 3.8) is 0 Å². The first kappa shape index (κ1) is 14.1. The van der Waals surface area contributed by atoms with E-state index in [1.165, 1.54) is 5.69 Å². The Morgan fingerprint density at radius 1 is 1.42 bits per heavy atom. The van der Waals surface area contributed by atoms with Gasteiger partial charge in [-0.05, 0) is 25.5 Å². The maximum absolute atomic E-state index is 12.3. The average Bonchev–Trinajstić information content (AvgIpc) is 2.75. The number of hydrogen-bond donors (Lipinski definition) is 0. The molecule has 0 N–H and O–H groups in total. The maximum Gasteiger partial charge on any atom is 0.223 e. The number of aromatic nitrogens is 1. The van der Waals surface area contributed by atoms with Crippen LogP contribution in [0, 0.1) is 0 Å². The average molecular weight is 264 g/mol. The van der Waals surface area contributed by atoms with Crippen molar-refractivity contribution < 1.29 is 9.53 Å². The van der Waals surface area contributed by atoms with E-state index < -0.39 is 0 Å². The second kappa shape index (κ2) is 6.75. The topological polar surface area (TPSA) is 34.5 Å². The number of carbonyl (C=O) groups excluding carboxylic acids is 1. The highest BCUT2D eigenvalue weighted by Gasteiger charge is 2.24. The van der Waals surface area contributed by atoms with Gasteiger partial charge in [0.2, 0.25) is 5.91 Å². The summed E-state index contributed by atoms with van der Waals surface area (Å²) >= 11 is 0. The summed E-state index contributed by atoms with van der Waals surface area (Å²) in [6.45, 7) is 7.07. The summed E-state index contributed by atoms with van der Waals surface area (Å²) in [7, 11) is 0. The quantitative estimate of drug-likeness (QED) is 0.818. The van der Waals surface area contributed by atoms with Gasteiger partial charge in [0.15, 0.2) is 0 Å². The number of hydrogen-bond acceptors (Lipinski definition) is 2. The summed E-state index contributed by atoms with van der Waals surface area (Å²) in [5, 5.41) is 0. The van der Waals surface area contributed by atoms with Crippen LogP contribution in [0.15, 0.2) is 18.3 Å². The van der Waals surface area contributed by atoms with E-state index in [-0.39, 0.29) is 12.0 Å². The van der Waals surface area contributed by atoms with Crippen LogP contribution in [0.5, 0.6) is 0 Å². The number of rotatable bonds is 5. The van der Waals surface area contributed by atoms with Gasteiger partial charge < -0.3 is 14.2 Å². The summed E-state index contributed by atoms with van der Waals surface area (Å²) < 4.78 is 7.96. The molecule has 4 nitrogen and oxygen atoms in total. The number of ether oxygens (including phenoxy) is 1. The Kier molecular flexibility index (Phi) is 5.02. The number of fused-ring (bicyclic) bond motifs is 1. The minimum atomic E-state index is 0.101. The molecule has 1 aliphatic heterocycles. The van der Waals surface area contributed by atoms with Crippen LogP contribution in [0.25, 0.3) is 0 Å². The number of unbranched alkanes of at least 4 members (excludes halogenated alkanes) is 1. The second-order valence-corrected chi connectivity index (χ2v) is 5.11. The van der Waals surface area contributed by atoms with Gasteiger partial charge in [-0.25, -0.2) is 0 Å². The maximum atomic E-state index is 12.3. The smallest absolute Gasteiger partial charge is 0.223 e. The number of amides is 1. The lowest BCUT2D eigenvalue weighted by atomic mass is 10.2. The lowest BCUT2D eigenvalue weighted by molar-refractivity contribution is -0.133. The van der Waals surface area contributed by atoms with Crippen molar-refractivity contribution >= 4 is 5.91 Å². The second-order valence-electron chi connectivity index (χ2n) is 5.11. The predicted octanol–water partition coefficient (Wildman–Crippen LogP) is 2.43. The zero-order chi connectivity index (χ0) is 13.7. The van der Waals surface area contributed by atoms with Crippen molar-refractivity contribution in [2.24, 2.45) is 0 Å². The van der Waals surface area contributed by atoms with Crippen LogP contribution in [0.4, 0.5) is 0 Å². The van der Waals surface area contributed by atoms with Crippen LogP contribution in [0.1, 0.15) is 38.8 Å². The van der Waals surface area contributed by atoms with Gasteiger partial charge in [-0.3, -0.25) is 4.79 Å². The first-order valence-electron chi connectivity index (χ1n) is 7.28. The highest BCUT2D eigenvalue weighted by Crippen LogP contribution is 2.16. The molecule has 1 aromatic heterocycles. The van der Waals surface area contributed by atoms with Gasteiger partial charge >= 0.3 is 0 Å². The van der Waals surface area contributed by atoms with Crippen molar-refractivity contribution in [2.45, 2.75) is 52.3 Å². The van der Waals surface area contributed by atoms with Crippen LogP contribution >= 0.6 is 0 Å². The van der Waals surface area contributed by atoms with Gasteiger partial charge in [0, 0.05) is 31.5 Å². The number of nitrogens with zero attached hydrogens (tertiary/aromatic N) is 2. The molecule has 0 spiro atoms. The Labute approximate surface area is 115 Å². The lowest BCUT2D eigenvalue weighted by Gasteiger charge is -2.24. The largest absolute Gasteiger partial charge is 0.375 e. The molecular formula is C15H24N2O2. The van der Waals surface area contributed by atoms with Crippen molar-refractivity contribution in [2.75, 3.05) is 13.2 Å². The summed E-state index contributed by atoms with van der Waals surface area (Å²) in [6, 6.07) is 4.13. The first-order chi connectivity index (χ1) is 9.24. The molecule has 0 saturated carbocycles. The van der Waals surface area contributed by atoms with Gasteiger partial charge in [0.05, 0.1) is 19.2 Å². The molecular weight excluding hydrogens is 240 g/mol. The molecule has 2 rings (SSSR count). The predicted molar refractivity (Wildman–Crippen MR) is 74.8 cm³/mol. The zero-order valence-corrected chi connectivity index (χ0v) is 12.0. The summed E-state index contributed by atoms with van der Waals surface area (Å²) in [5.41, 5.74) is 1.20. The monoisotopic (exact) mass is 264 g/mol. The van der Waals surface area contributed by atoms with Gasteiger partial charge in [-0.2, -0.15) is 0 Å². The van der Waals surface area contributed by atoms with E-state index in [2.05, 4.69) is 23.8 Å². The minimum absolute atomic E-state index is 0.101. The van der Waals surface area contributed by atoms with E-state index in [9.17, 15) is 4.79 Å². The molecule has 0 aliphatic carbocycles. The van der Waals surface area contributed by atoms with Crippen LogP contribution in [-0.4, -0.2) is 34.6 Å². The van der Waals surface area contributed by atoms with E-state index >= 15 is 0 Å². The van der Waals surface area contributed by atoms with Crippen LogP contribution in [0.2, 0.25) is 0 Å². The van der Waals surface area contributed by atoms with Crippen molar-refractivity contribution in [1.82, 2.24) is 9.47 Å². The molecule has 1 amide bonds. The Morgan fingerprint density at radius 2 is 2.26 bits per heavy atom. The number of carbonyl (C=O) groups is 1. The van der Waals surface area contributed by atoms with Gasteiger partial charge in [0.1, 0.15) is 0 Å². The van der Waals surface area contributed by atoms with E-state index in [0.29, 0.717) is 26.1 Å². The summed E-state index contributed by atoms with van der Waals surface area (Å²) in [6.07, 6.45) is 4.85. The van der Waals surface area contributed by atoms with E-state index in [0.717, 1.165) is 19.4 Å². The molecule has 0 fully saturated rings. The minimum Gasteiger partial charge on any atom is -0.375 e. The molecule has 1 aromatic rings. The van der Waals surface area contributed by atoms with Crippen LogP contribution in [-0.2, 0) is 22.6 Å². The van der Waals surface area contributed by atoms with Gasteiger partial charge in [-0.15, -0.1) is 0 Å². The Bertz CT molecular complexity index is 414. The molecule has 4 heteroatoms. The van der Waals surface area contributed by atoms with Gasteiger partial charge in [0.25, 0.3) is 0 Å². The van der Waals surface area contributed by atoms with Crippen LogP contribution < -0.4 is 0 Å². The Balaban J connectivity index is 2.08. The highest BCUT2D eigenvalue weighted by atomic mass is 16.5. The SMILES string of the molecule is CCCCC(=O)N1Cc2cccn2CC(OCC)C1. The Hall–Kier alpha value is -1.29.